The summed E-state index contributed by atoms with van der Waals surface area (Å²) < 4.78 is 5.16. The summed E-state index contributed by atoms with van der Waals surface area (Å²) in [5.41, 5.74) is 6.12. The summed E-state index contributed by atoms with van der Waals surface area (Å²) in [6.45, 7) is 3.91. The van der Waals surface area contributed by atoms with Gasteiger partial charge in [-0.15, -0.1) is 0 Å². The van der Waals surface area contributed by atoms with Crippen molar-refractivity contribution in [1.29, 1.82) is 0 Å². The maximum atomic E-state index is 12.2. The van der Waals surface area contributed by atoms with Crippen LogP contribution in [0.4, 0.5) is 0 Å². The number of aromatic nitrogens is 1. The maximum Gasteiger partial charge on any atom is 0.187 e. The molecule has 0 amide bonds. The van der Waals surface area contributed by atoms with Crippen LogP contribution in [0.25, 0.3) is 0 Å². The fourth-order valence-electron chi connectivity index (χ4n) is 1.85. The second-order valence-electron chi connectivity index (χ2n) is 4.73. The van der Waals surface area contributed by atoms with Crippen molar-refractivity contribution in [3.8, 4) is 5.75 Å². The molecule has 1 aromatic rings. The molecule has 0 fully saturated rings. The third-order valence-corrected chi connectivity index (χ3v) is 2.97. The number of ketones is 1. The van der Waals surface area contributed by atoms with Gasteiger partial charge in [0.2, 0.25) is 0 Å². The lowest BCUT2D eigenvalue weighted by molar-refractivity contribution is 0.0913. The molecule has 4 nitrogen and oxygen atoms in total. The Morgan fingerprint density at radius 1 is 1.44 bits per heavy atom. The molecule has 0 saturated carbocycles. The van der Waals surface area contributed by atoms with Gasteiger partial charge in [-0.1, -0.05) is 13.3 Å². The predicted molar refractivity (Wildman–Crippen MR) is 71.8 cm³/mol. The number of nitrogens with zero attached hydrogens (tertiary/aromatic N) is 1. The van der Waals surface area contributed by atoms with Gasteiger partial charge in [0.25, 0.3) is 0 Å². The molecule has 0 spiro atoms. The van der Waals surface area contributed by atoms with Gasteiger partial charge < -0.3 is 10.5 Å². The number of rotatable bonds is 7. The molecule has 100 valence electrons. The number of nitrogens with two attached hydrogens (primary N) is 1. The SMILES string of the molecule is COc1cccnc1C(=O)C(C)CCCC(C)N. The van der Waals surface area contributed by atoms with Crippen LogP contribution < -0.4 is 10.5 Å². The van der Waals surface area contributed by atoms with Crippen molar-refractivity contribution < 1.29 is 9.53 Å². The van der Waals surface area contributed by atoms with Gasteiger partial charge in [-0.3, -0.25) is 4.79 Å². The predicted octanol–water partition coefficient (Wildman–Crippen LogP) is 2.43. The minimum absolute atomic E-state index is 0.0390. The van der Waals surface area contributed by atoms with Crippen LogP contribution in [0.1, 0.15) is 43.6 Å². The normalized spacial score (nSPS) is 14.0. The summed E-state index contributed by atoms with van der Waals surface area (Å²) in [6, 6.07) is 3.71. The Labute approximate surface area is 109 Å². The zero-order valence-corrected chi connectivity index (χ0v) is 11.3. The number of hydrogen-bond acceptors (Lipinski definition) is 4. The van der Waals surface area contributed by atoms with E-state index in [4.69, 9.17) is 10.5 Å². The first-order valence-corrected chi connectivity index (χ1v) is 6.35. The van der Waals surface area contributed by atoms with Crippen molar-refractivity contribution in [3.63, 3.8) is 0 Å². The molecule has 0 aliphatic heterocycles. The van der Waals surface area contributed by atoms with Crippen molar-refractivity contribution in [1.82, 2.24) is 4.98 Å². The van der Waals surface area contributed by atoms with E-state index in [-0.39, 0.29) is 17.7 Å². The Bertz CT molecular complexity index is 391. The molecule has 2 N–H and O–H groups in total. The fraction of sp³-hybridized carbons (Fsp3) is 0.571. The first-order chi connectivity index (χ1) is 8.56. The Kier molecular flexibility index (Phi) is 5.78. The highest BCUT2D eigenvalue weighted by atomic mass is 16.5. The van der Waals surface area contributed by atoms with E-state index in [1.807, 2.05) is 13.8 Å². The van der Waals surface area contributed by atoms with Gasteiger partial charge in [-0.05, 0) is 31.9 Å². The lowest BCUT2D eigenvalue weighted by Gasteiger charge is -2.12. The molecule has 0 bridgehead atoms. The number of pyridine rings is 1. The van der Waals surface area contributed by atoms with Gasteiger partial charge in [-0.2, -0.15) is 0 Å². The molecule has 0 aliphatic rings. The van der Waals surface area contributed by atoms with Gasteiger partial charge >= 0.3 is 0 Å². The summed E-state index contributed by atoms with van der Waals surface area (Å²) in [5, 5.41) is 0. The monoisotopic (exact) mass is 250 g/mol. The number of carbonyl (C=O) groups is 1. The maximum absolute atomic E-state index is 12.2. The smallest absolute Gasteiger partial charge is 0.187 e. The lowest BCUT2D eigenvalue weighted by atomic mass is 9.95. The van der Waals surface area contributed by atoms with Crippen molar-refractivity contribution in [2.24, 2.45) is 11.7 Å². The van der Waals surface area contributed by atoms with Crippen LogP contribution in [0, 0.1) is 5.92 Å². The Morgan fingerprint density at radius 3 is 2.78 bits per heavy atom. The second-order valence-corrected chi connectivity index (χ2v) is 4.73. The lowest BCUT2D eigenvalue weighted by Crippen LogP contribution is -2.17. The van der Waals surface area contributed by atoms with Gasteiger partial charge in [0, 0.05) is 18.2 Å². The highest BCUT2D eigenvalue weighted by molar-refractivity contribution is 5.98. The first kappa shape index (κ1) is 14.6. The van der Waals surface area contributed by atoms with E-state index in [1.54, 1.807) is 25.4 Å². The standard InChI is InChI=1S/C14H22N2O2/c1-10(6-4-7-11(2)15)14(17)13-12(18-3)8-5-9-16-13/h5,8-11H,4,6-7,15H2,1-3H3. The van der Waals surface area contributed by atoms with Crippen molar-refractivity contribution in [2.45, 2.75) is 39.2 Å². The molecule has 2 atom stereocenters. The summed E-state index contributed by atoms with van der Waals surface area (Å²) >= 11 is 0. The topological polar surface area (TPSA) is 65.2 Å². The van der Waals surface area contributed by atoms with E-state index < -0.39 is 0 Å². The van der Waals surface area contributed by atoms with Crippen LogP contribution >= 0.6 is 0 Å². The average Bonchev–Trinajstić information content (AvgIpc) is 2.37. The largest absolute Gasteiger partial charge is 0.494 e. The molecular formula is C14H22N2O2. The third-order valence-electron chi connectivity index (χ3n) is 2.97. The molecule has 0 aromatic carbocycles. The minimum atomic E-state index is -0.0486. The van der Waals surface area contributed by atoms with E-state index in [2.05, 4.69) is 4.98 Å². The first-order valence-electron chi connectivity index (χ1n) is 6.35. The molecule has 18 heavy (non-hydrogen) atoms. The Hall–Kier alpha value is -1.42. The number of Topliss-reactive ketones (excluding diaryl/α,β-unsaturated/α-hetero) is 1. The van der Waals surface area contributed by atoms with Crippen LogP contribution in [0.2, 0.25) is 0 Å². The fourth-order valence-corrected chi connectivity index (χ4v) is 1.85. The molecule has 1 aromatic heterocycles. The Morgan fingerprint density at radius 2 is 2.17 bits per heavy atom. The molecule has 0 saturated heterocycles. The summed E-state index contributed by atoms with van der Waals surface area (Å²) in [5.74, 6) is 0.534. The molecule has 2 unspecified atom stereocenters. The van der Waals surface area contributed by atoms with Crippen LogP contribution in [0.3, 0.4) is 0 Å². The zero-order valence-electron chi connectivity index (χ0n) is 11.3. The van der Waals surface area contributed by atoms with Gasteiger partial charge in [0.05, 0.1) is 7.11 Å². The number of carbonyl (C=O) groups excluding carboxylic acids is 1. The van der Waals surface area contributed by atoms with Crippen molar-refractivity contribution in [3.05, 3.63) is 24.0 Å². The summed E-state index contributed by atoms with van der Waals surface area (Å²) in [7, 11) is 1.55. The number of hydrogen-bond donors (Lipinski definition) is 1. The van der Waals surface area contributed by atoms with Crippen molar-refractivity contribution in [2.75, 3.05) is 7.11 Å². The molecule has 1 heterocycles. The Balaban J connectivity index is 2.62. The van der Waals surface area contributed by atoms with E-state index in [0.717, 1.165) is 19.3 Å². The third kappa shape index (κ3) is 4.11. The zero-order chi connectivity index (χ0) is 13.5. The molecular weight excluding hydrogens is 228 g/mol. The number of methoxy groups -OCH3 is 1. The van der Waals surface area contributed by atoms with E-state index >= 15 is 0 Å². The molecule has 4 heteroatoms. The van der Waals surface area contributed by atoms with Crippen LogP contribution in [0.15, 0.2) is 18.3 Å². The minimum Gasteiger partial charge on any atom is -0.494 e. The summed E-state index contributed by atoms with van der Waals surface area (Å²) in [6.07, 6.45) is 4.35. The van der Waals surface area contributed by atoms with E-state index in [0.29, 0.717) is 11.4 Å². The van der Waals surface area contributed by atoms with E-state index in [1.165, 1.54) is 0 Å². The van der Waals surface area contributed by atoms with Crippen LogP contribution in [-0.2, 0) is 0 Å². The highest BCUT2D eigenvalue weighted by Gasteiger charge is 2.19. The average molecular weight is 250 g/mol. The molecule has 1 rings (SSSR count). The van der Waals surface area contributed by atoms with Crippen LogP contribution in [0.5, 0.6) is 5.75 Å². The van der Waals surface area contributed by atoms with Gasteiger partial charge in [0.1, 0.15) is 11.4 Å². The second kappa shape index (κ2) is 7.11. The van der Waals surface area contributed by atoms with E-state index in [9.17, 15) is 4.79 Å². The van der Waals surface area contributed by atoms with Crippen molar-refractivity contribution >= 4 is 5.78 Å². The van der Waals surface area contributed by atoms with Crippen LogP contribution in [-0.4, -0.2) is 23.9 Å². The molecule has 0 aliphatic carbocycles. The summed E-state index contributed by atoms with van der Waals surface area (Å²) in [4.78, 5) is 16.3. The number of ether oxygens (including phenoxy) is 1. The van der Waals surface area contributed by atoms with Gasteiger partial charge in [-0.25, -0.2) is 4.98 Å². The molecule has 0 radical (unpaired) electrons. The highest BCUT2D eigenvalue weighted by Crippen LogP contribution is 2.21. The van der Waals surface area contributed by atoms with Gasteiger partial charge in [0.15, 0.2) is 5.78 Å². The quantitative estimate of drug-likeness (QED) is 0.755.